The lowest BCUT2D eigenvalue weighted by atomic mass is 10.1. The summed E-state index contributed by atoms with van der Waals surface area (Å²) in [7, 11) is 1.84. The van der Waals surface area contributed by atoms with Crippen LogP contribution in [-0.4, -0.2) is 23.1 Å². The number of rotatable bonds is 5. The molecule has 0 atom stereocenters. The second-order valence-electron chi connectivity index (χ2n) is 4.84. The van der Waals surface area contributed by atoms with Gasteiger partial charge in [0.2, 0.25) is 0 Å². The molecule has 0 spiro atoms. The van der Waals surface area contributed by atoms with Crippen molar-refractivity contribution in [3.63, 3.8) is 0 Å². The van der Waals surface area contributed by atoms with Crippen LogP contribution in [0, 0.1) is 6.92 Å². The summed E-state index contributed by atoms with van der Waals surface area (Å²) in [5.41, 5.74) is 3.24. The first kappa shape index (κ1) is 14.7. The van der Waals surface area contributed by atoms with Gasteiger partial charge in [0.1, 0.15) is 0 Å². The van der Waals surface area contributed by atoms with Crippen LogP contribution in [0.1, 0.15) is 21.5 Å². The van der Waals surface area contributed by atoms with Crippen LogP contribution in [0.5, 0.6) is 0 Å². The Balaban J connectivity index is 1.96. The fraction of sp³-hybridized carbons (Fsp3) is 0.188. The molecule has 0 bridgehead atoms. The number of nitrogens with zero attached hydrogens (tertiary/aromatic N) is 3. The third-order valence-electron chi connectivity index (χ3n) is 2.96. The van der Waals surface area contributed by atoms with Gasteiger partial charge in [0, 0.05) is 7.05 Å². The van der Waals surface area contributed by atoms with Crippen molar-refractivity contribution in [3.8, 4) is 0 Å². The van der Waals surface area contributed by atoms with Gasteiger partial charge in [-0.2, -0.15) is 0 Å². The quantitative estimate of drug-likeness (QED) is 0.670. The van der Waals surface area contributed by atoms with E-state index in [0.29, 0.717) is 12.2 Å². The monoisotopic (exact) mass is 283 g/mol. The first-order valence-electron chi connectivity index (χ1n) is 6.56. The number of aryl methyl sites for hydroxylation is 1. The number of aromatic carboxylic acids is 1. The van der Waals surface area contributed by atoms with Gasteiger partial charge in [-0.05, 0) is 36.8 Å². The van der Waals surface area contributed by atoms with Gasteiger partial charge >= 0.3 is 5.97 Å². The molecular formula is C16H17N3O2. The molecule has 0 unspecified atom stereocenters. The summed E-state index contributed by atoms with van der Waals surface area (Å²) in [5.74, 6) is -0.949. The van der Waals surface area contributed by atoms with E-state index in [1.807, 2.05) is 14.0 Å². The molecule has 108 valence electrons. The van der Waals surface area contributed by atoms with E-state index in [2.05, 4.69) is 34.6 Å². The molecule has 0 aliphatic rings. The molecule has 2 aromatic carbocycles. The van der Waals surface area contributed by atoms with Gasteiger partial charge in [-0.3, -0.25) is 5.01 Å². The third-order valence-corrected chi connectivity index (χ3v) is 2.96. The molecule has 5 nitrogen and oxygen atoms in total. The molecule has 2 aromatic rings. The Morgan fingerprint density at radius 1 is 1.10 bits per heavy atom. The van der Waals surface area contributed by atoms with Crippen LogP contribution in [0.2, 0.25) is 0 Å². The number of hydrogen-bond acceptors (Lipinski definition) is 3. The van der Waals surface area contributed by atoms with Gasteiger partial charge < -0.3 is 5.11 Å². The van der Waals surface area contributed by atoms with E-state index in [-0.39, 0.29) is 5.56 Å². The number of benzene rings is 2. The summed E-state index contributed by atoms with van der Waals surface area (Å²) in [4.78, 5) is 10.7. The maximum absolute atomic E-state index is 10.7. The van der Waals surface area contributed by atoms with Crippen LogP contribution in [0.3, 0.4) is 0 Å². The summed E-state index contributed by atoms with van der Waals surface area (Å²) < 4.78 is 0. The van der Waals surface area contributed by atoms with Crippen LogP contribution in [0.25, 0.3) is 0 Å². The van der Waals surface area contributed by atoms with Gasteiger partial charge in [-0.25, -0.2) is 4.79 Å². The second kappa shape index (κ2) is 6.65. The first-order chi connectivity index (χ1) is 10.0. The minimum atomic E-state index is -0.949. The van der Waals surface area contributed by atoms with E-state index in [4.69, 9.17) is 5.11 Å². The predicted molar refractivity (Wildman–Crippen MR) is 80.6 cm³/mol. The number of carboxylic acids is 1. The summed E-state index contributed by atoms with van der Waals surface area (Å²) in [6, 6.07) is 14.5. The summed E-state index contributed by atoms with van der Waals surface area (Å²) in [5, 5.41) is 18.7. The average molecular weight is 283 g/mol. The largest absolute Gasteiger partial charge is 0.478 e. The molecule has 0 fully saturated rings. The molecule has 0 saturated heterocycles. The molecule has 21 heavy (non-hydrogen) atoms. The van der Waals surface area contributed by atoms with Gasteiger partial charge in [0.15, 0.2) is 0 Å². The maximum atomic E-state index is 10.7. The highest BCUT2D eigenvalue weighted by Gasteiger charge is 2.01. The van der Waals surface area contributed by atoms with Crippen molar-refractivity contribution >= 4 is 11.7 Å². The number of hydrogen-bond donors (Lipinski definition) is 1. The first-order valence-corrected chi connectivity index (χ1v) is 6.56. The summed E-state index contributed by atoms with van der Waals surface area (Å²) >= 11 is 0. The Kier molecular flexibility index (Phi) is 4.66. The smallest absolute Gasteiger partial charge is 0.335 e. The van der Waals surface area contributed by atoms with Crippen molar-refractivity contribution < 1.29 is 9.90 Å². The molecule has 0 heterocycles. The van der Waals surface area contributed by atoms with Gasteiger partial charge in [0.05, 0.1) is 17.8 Å². The van der Waals surface area contributed by atoms with E-state index in [1.54, 1.807) is 17.1 Å². The number of carbonyl (C=O) groups is 1. The summed E-state index contributed by atoms with van der Waals surface area (Å²) in [6.07, 6.45) is 0. The Labute approximate surface area is 123 Å². The van der Waals surface area contributed by atoms with Crippen molar-refractivity contribution in [1.29, 1.82) is 0 Å². The van der Waals surface area contributed by atoms with E-state index in [9.17, 15) is 4.79 Å². The molecule has 0 aliphatic heterocycles. The predicted octanol–water partition coefficient (Wildman–Crippen LogP) is 3.82. The highest BCUT2D eigenvalue weighted by Crippen LogP contribution is 2.14. The molecule has 0 amide bonds. The highest BCUT2D eigenvalue weighted by molar-refractivity contribution is 5.87. The molecule has 0 aromatic heterocycles. The van der Waals surface area contributed by atoms with Gasteiger partial charge in [-0.15, -0.1) is 5.11 Å². The minimum Gasteiger partial charge on any atom is -0.478 e. The SMILES string of the molecule is Cc1ccc(CN(C)N=Nc2ccc(C(=O)O)cc2)cc1. The Morgan fingerprint density at radius 3 is 2.29 bits per heavy atom. The zero-order valence-electron chi connectivity index (χ0n) is 12.0. The lowest BCUT2D eigenvalue weighted by Crippen LogP contribution is -2.09. The van der Waals surface area contributed by atoms with Crippen molar-refractivity contribution in [2.24, 2.45) is 10.3 Å². The standard InChI is InChI=1S/C16H17N3O2/c1-12-3-5-13(6-4-12)11-19(2)18-17-15-9-7-14(8-10-15)16(20)21/h3-10H,11H2,1-2H3,(H,20,21). The maximum Gasteiger partial charge on any atom is 0.335 e. The van der Waals surface area contributed by atoms with E-state index in [0.717, 1.165) is 5.56 Å². The molecule has 0 radical (unpaired) electrons. The van der Waals surface area contributed by atoms with Gasteiger partial charge in [-0.1, -0.05) is 35.1 Å². The molecular weight excluding hydrogens is 266 g/mol. The van der Waals surface area contributed by atoms with Crippen LogP contribution in [-0.2, 0) is 6.54 Å². The molecule has 2 rings (SSSR count). The van der Waals surface area contributed by atoms with Crippen molar-refractivity contribution in [2.75, 3.05) is 7.05 Å². The van der Waals surface area contributed by atoms with Crippen LogP contribution < -0.4 is 0 Å². The van der Waals surface area contributed by atoms with Crippen LogP contribution in [0.4, 0.5) is 5.69 Å². The van der Waals surface area contributed by atoms with E-state index in [1.165, 1.54) is 17.7 Å². The molecule has 0 aliphatic carbocycles. The highest BCUT2D eigenvalue weighted by atomic mass is 16.4. The molecule has 1 N–H and O–H groups in total. The Morgan fingerprint density at radius 2 is 1.71 bits per heavy atom. The van der Waals surface area contributed by atoms with Crippen molar-refractivity contribution in [2.45, 2.75) is 13.5 Å². The second-order valence-corrected chi connectivity index (χ2v) is 4.84. The van der Waals surface area contributed by atoms with Crippen LogP contribution in [0.15, 0.2) is 58.9 Å². The van der Waals surface area contributed by atoms with E-state index >= 15 is 0 Å². The van der Waals surface area contributed by atoms with Gasteiger partial charge in [0.25, 0.3) is 0 Å². The van der Waals surface area contributed by atoms with E-state index < -0.39 is 5.97 Å². The van der Waals surface area contributed by atoms with Crippen LogP contribution >= 0.6 is 0 Å². The fourth-order valence-electron chi connectivity index (χ4n) is 1.79. The molecule has 5 heteroatoms. The zero-order chi connectivity index (χ0) is 15.2. The van der Waals surface area contributed by atoms with Crippen molar-refractivity contribution in [3.05, 3.63) is 65.2 Å². The fourth-order valence-corrected chi connectivity index (χ4v) is 1.79. The number of carboxylic acid groups (broad SMARTS) is 1. The topological polar surface area (TPSA) is 65.3 Å². The Hall–Kier alpha value is -2.69. The summed E-state index contributed by atoms with van der Waals surface area (Å²) in [6.45, 7) is 2.71. The molecule has 0 saturated carbocycles. The van der Waals surface area contributed by atoms with Crippen molar-refractivity contribution in [1.82, 2.24) is 5.01 Å². The normalized spacial score (nSPS) is 10.8. The Bertz CT molecular complexity index is 634. The lowest BCUT2D eigenvalue weighted by Gasteiger charge is -2.11. The third kappa shape index (κ3) is 4.42. The minimum absolute atomic E-state index is 0.238. The lowest BCUT2D eigenvalue weighted by molar-refractivity contribution is 0.0697. The average Bonchev–Trinajstić information content (AvgIpc) is 2.48. The zero-order valence-corrected chi connectivity index (χ0v) is 12.0.